The molecule has 1 aromatic carbocycles. The Morgan fingerprint density at radius 3 is 2.95 bits per heavy atom. The summed E-state index contributed by atoms with van der Waals surface area (Å²) in [6, 6.07) is 7.08. The molecule has 0 bridgehead atoms. The van der Waals surface area contributed by atoms with Gasteiger partial charge in [-0.2, -0.15) is 0 Å². The van der Waals surface area contributed by atoms with Crippen LogP contribution in [-0.4, -0.2) is 49.9 Å². The highest BCUT2D eigenvalue weighted by Crippen LogP contribution is 2.30. The molecule has 0 aliphatic carbocycles. The van der Waals surface area contributed by atoms with Gasteiger partial charge in [0.15, 0.2) is 0 Å². The molecule has 110 valence electrons. The Hall–Kier alpha value is -1.26. The van der Waals surface area contributed by atoms with Crippen LogP contribution in [-0.2, 0) is 11.2 Å². The third-order valence-electron chi connectivity index (χ3n) is 4.15. The molecule has 2 unspecified atom stereocenters. The molecule has 0 spiro atoms. The molecular weight excluding hydrogens is 252 g/mol. The molecule has 1 N–H and O–H groups in total. The van der Waals surface area contributed by atoms with Crippen molar-refractivity contribution in [2.75, 3.05) is 38.2 Å². The summed E-state index contributed by atoms with van der Waals surface area (Å²) in [6.45, 7) is 9.09. The van der Waals surface area contributed by atoms with Crippen LogP contribution in [0.5, 0.6) is 5.75 Å². The van der Waals surface area contributed by atoms with E-state index in [1.807, 2.05) is 0 Å². The maximum Gasteiger partial charge on any atom is 0.142 e. The Morgan fingerprint density at radius 1 is 1.35 bits per heavy atom. The van der Waals surface area contributed by atoms with E-state index >= 15 is 0 Å². The number of hydrogen-bond donors (Lipinski definition) is 1. The largest absolute Gasteiger partial charge is 0.487 e. The molecular formula is C16H24N2O2. The summed E-state index contributed by atoms with van der Waals surface area (Å²) in [5.41, 5.74) is 2.50. The van der Waals surface area contributed by atoms with Gasteiger partial charge < -0.3 is 14.8 Å². The predicted molar refractivity (Wildman–Crippen MR) is 80.6 cm³/mol. The Bertz CT molecular complexity index is 458. The molecule has 0 amide bonds. The zero-order valence-corrected chi connectivity index (χ0v) is 12.4. The van der Waals surface area contributed by atoms with Crippen LogP contribution in [0, 0.1) is 0 Å². The second-order valence-electron chi connectivity index (χ2n) is 5.84. The quantitative estimate of drug-likeness (QED) is 0.917. The molecule has 3 rings (SSSR count). The molecule has 0 saturated carbocycles. The lowest BCUT2D eigenvalue weighted by Gasteiger charge is -2.32. The number of rotatable bonds is 3. The van der Waals surface area contributed by atoms with Gasteiger partial charge in [-0.3, -0.25) is 4.90 Å². The van der Waals surface area contributed by atoms with Crippen LogP contribution in [0.3, 0.4) is 0 Å². The monoisotopic (exact) mass is 276 g/mol. The van der Waals surface area contributed by atoms with Crippen molar-refractivity contribution in [1.82, 2.24) is 4.90 Å². The molecule has 2 atom stereocenters. The average Bonchev–Trinajstić information content (AvgIpc) is 2.48. The maximum atomic E-state index is 5.82. The van der Waals surface area contributed by atoms with Crippen molar-refractivity contribution in [1.29, 1.82) is 0 Å². The summed E-state index contributed by atoms with van der Waals surface area (Å²) in [7, 11) is 0. The van der Waals surface area contributed by atoms with E-state index in [0.717, 1.165) is 50.7 Å². The predicted octanol–water partition coefficient (Wildman–Crippen LogP) is 2.14. The molecule has 2 heterocycles. The number of nitrogens with one attached hydrogen (secondary N) is 1. The van der Waals surface area contributed by atoms with Gasteiger partial charge in [-0.15, -0.1) is 0 Å². The van der Waals surface area contributed by atoms with Gasteiger partial charge in [-0.05, 0) is 38.0 Å². The first kappa shape index (κ1) is 13.7. The number of fused-ring (bicyclic) bond motifs is 1. The van der Waals surface area contributed by atoms with Gasteiger partial charge in [-0.25, -0.2) is 0 Å². The van der Waals surface area contributed by atoms with Crippen LogP contribution in [0.2, 0.25) is 0 Å². The van der Waals surface area contributed by atoms with Crippen molar-refractivity contribution in [2.45, 2.75) is 32.4 Å². The summed E-state index contributed by atoms with van der Waals surface area (Å²) in [5.74, 6) is 0.978. The highest BCUT2D eigenvalue weighted by molar-refractivity contribution is 5.59. The van der Waals surface area contributed by atoms with Crippen LogP contribution in [0.1, 0.15) is 19.4 Å². The summed E-state index contributed by atoms with van der Waals surface area (Å²) in [4.78, 5) is 2.51. The fourth-order valence-electron chi connectivity index (χ4n) is 2.95. The van der Waals surface area contributed by atoms with E-state index in [4.69, 9.17) is 9.47 Å². The van der Waals surface area contributed by atoms with E-state index in [9.17, 15) is 0 Å². The highest BCUT2D eigenvalue weighted by atomic mass is 16.5. The molecule has 2 aliphatic rings. The van der Waals surface area contributed by atoms with Gasteiger partial charge in [0, 0.05) is 19.1 Å². The first-order valence-electron chi connectivity index (χ1n) is 7.57. The normalized spacial score (nSPS) is 24.4. The first-order valence-corrected chi connectivity index (χ1v) is 7.57. The van der Waals surface area contributed by atoms with Crippen molar-refractivity contribution in [2.24, 2.45) is 0 Å². The lowest BCUT2D eigenvalue weighted by molar-refractivity contribution is 0.0203. The SMILES string of the molecule is CC1CNc2cc(CC(C)N3CCOCC3)ccc2O1. The minimum Gasteiger partial charge on any atom is -0.487 e. The zero-order chi connectivity index (χ0) is 13.9. The summed E-state index contributed by atoms with van der Waals surface area (Å²) in [5, 5.41) is 3.45. The second-order valence-corrected chi connectivity index (χ2v) is 5.84. The lowest BCUT2D eigenvalue weighted by Crippen LogP contribution is -2.43. The van der Waals surface area contributed by atoms with E-state index in [1.165, 1.54) is 5.56 Å². The van der Waals surface area contributed by atoms with Gasteiger partial charge in [0.1, 0.15) is 11.9 Å². The molecule has 4 nitrogen and oxygen atoms in total. The average molecular weight is 276 g/mol. The molecule has 1 fully saturated rings. The molecule has 0 aromatic heterocycles. The third-order valence-corrected chi connectivity index (χ3v) is 4.15. The van der Waals surface area contributed by atoms with Crippen molar-refractivity contribution < 1.29 is 9.47 Å². The molecule has 4 heteroatoms. The minimum atomic E-state index is 0.251. The summed E-state index contributed by atoms with van der Waals surface area (Å²) >= 11 is 0. The number of anilines is 1. The first-order chi connectivity index (χ1) is 9.72. The van der Waals surface area contributed by atoms with Crippen LogP contribution in [0.4, 0.5) is 5.69 Å². The Morgan fingerprint density at radius 2 is 2.15 bits per heavy atom. The van der Waals surface area contributed by atoms with Gasteiger partial charge in [0.25, 0.3) is 0 Å². The Balaban J connectivity index is 1.65. The van der Waals surface area contributed by atoms with Crippen molar-refractivity contribution in [3.05, 3.63) is 23.8 Å². The van der Waals surface area contributed by atoms with E-state index in [1.54, 1.807) is 0 Å². The standard InChI is InChI=1S/C16H24N2O2/c1-12(18-5-7-19-8-6-18)9-14-3-4-16-15(10-14)17-11-13(2)20-16/h3-4,10,12-13,17H,5-9,11H2,1-2H3. The number of nitrogens with zero attached hydrogens (tertiary/aromatic N) is 1. The number of morpholine rings is 1. The van der Waals surface area contributed by atoms with Gasteiger partial charge in [0.05, 0.1) is 25.4 Å². The van der Waals surface area contributed by atoms with Crippen LogP contribution in [0.25, 0.3) is 0 Å². The smallest absolute Gasteiger partial charge is 0.142 e. The highest BCUT2D eigenvalue weighted by Gasteiger charge is 2.19. The van der Waals surface area contributed by atoms with Crippen molar-refractivity contribution in [3.63, 3.8) is 0 Å². The molecule has 1 saturated heterocycles. The van der Waals surface area contributed by atoms with Crippen molar-refractivity contribution >= 4 is 5.69 Å². The van der Waals surface area contributed by atoms with Crippen LogP contribution >= 0.6 is 0 Å². The summed E-state index contributed by atoms with van der Waals surface area (Å²) < 4.78 is 11.2. The van der Waals surface area contributed by atoms with Crippen LogP contribution in [0.15, 0.2) is 18.2 Å². The minimum absolute atomic E-state index is 0.251. The van der Waals surface area contributed by atoms with E-state index in [2.05, 4.69) is 42.3 Å². The fourth-order valence-corrected chi connectivity index (χ4v) is 2.95. The second kappa shape index (κ2) is 6.02. The third kappa shape index (κ3) is 3.07. The Kier molecular flexibility index (Phi) is 4.13. The topological polar surface area (TPSA) is 33.7 Å². The number of hydrogen-bond acceptors (Lipinski definition) is 4. The van der Waals surface area contributed by atoms with Gasteiger partial charge in [-0.1, -0.05) is 6.07 Å². The summed E-state index contributed by atoms with van der Waals surface area (Å²) in [6.07, 6.45) is 1.32. The van der Waals surface area contributed by atoms with Gasteiger partial charge in [0.2, 0.25) is 0 Å². The molecule has 0 radical (unpaired) electrons. The molecule has 2 aliphatic heterocycles. The van der Waals surface area contributed by atoms with E-state index in [-0.39, 0.29) is 6.10 Å². The maximum absolute atomic E-state index is 5.82. The zero-order valence-electron chi connectivity index (χ0n) is 12.4. The number of benzene rings is 1. The van der Waals surface area contributed by atoms with Gasteiger partial charge >= 0.3 is 0 Å². The van der Waals surface area contributed by atoms with E-state index < -0.39 is 0 Å². The lowest BCUT2D eigenvalue weighted by atomic mass is 10.0. The van der Waals surface area contributed by atoms with E-state index in [0.29, 0.717) is 6.04 Å². The molecule has 20 heavy (non-hydrogen) atoms. The Labute approximate surface area is 121 Å². The fraction of sp³-hybridized carbons (Fsp3) is 0.625. The van der Waals surface area contributed by atoms with Crippen molar-refractivity contribution in [3.8, 4) is 5.75 Å². The van der Waals surface area contributed by atoms with Crippen LogP contribution < -0.4 is 10.1 Å². The molecule has 1 aromatic rings. The number of ether oxygens (including phenoxy) is 2.